The number of hydrogen-bond acceptors (Lipinski definition) is 3. The standard InChI is InChI=1S/C19H26FN3O/c1-4-5-14-6-7-16(19(20)22-14)18-17(13(2)3)12-21-23(18)15-8-10-24-11-9-15/h6-7,12-13,15H,4-5,8-11H2,1-3H3. The fraction of sp³-hybridized carbons (Fsp3) is 0.579. The second kappa shape index (κ2) is 7.43. The highest BCUT2D eigenvalue weighted by molar-refractivity contribution is 5.64. The topological polar surface area (TPSA) is 39.9 Å². The summed E-state index contributed by atoms with van der Waals surface area (Å²) in [7, 11) is 0. The van der Waals surface area contributed by atoms with Crippen molar-refractivity contribution < 1.29 is 9.13 Å². The summed E-state index contributed by atoms with van der Waals surface area (Å²) in [6.07, 6.45) is 5.47. The zero-order chi connectivity index (χ0) is 17.1. The molecule has 0 atom stereocenters. The van der Waals surface area contributed by atoms with Crippen molar-refractivity contribution in [2.45, 2.75) is 58.4 Å². The molecule has 3 rings (SSSR count). The molecule has 130 valence electrons. The minimum Gasteiger partial charge on any atom is -0.381 e. The summed E-state index contributed by atoms with van der Waals surface area (Å²) in [4.78, 5) is 4.17. The highest BCUT2D eigenvalue weighted by atomic mass is 19.1. The van der Waals surface area contributed by atoms with Crippen molar-refractivity contribution in [3.8, 4) is 11.3 Å². The Hall–Kier alpha value is -1.75. The molecule has 2 aromatic rings. The SMILES string of the molecule is CCCc1ccc(-c2c(C(C)C)cnn2C2CCOCC2)c(F)n1. The second-order valence-electron chi connectivity index (χ2n) is 6.78. The molecular formula is C19H26FN3O. The average Bonchev–Trinajstić information content (AvgIpc) is 3.01. The Labute approximate surface area is 143 Å². The molecule has 24 heavy (non-hydrogen) atoms. The van der Waals surface area contributed by atoms with Crippen molar-refractivity contribution in [3.05, 3.63) is 35.5 Å². The molecule has 0 unspecified atom stereocenters. The van der Waals surface area contributed by atoms with Gasteiger partial charge in [-0.1, -0.05) is 27.2 Å². The molecule has 0 aromatic carbocycles. The maximum absolute atomic E-state index is 14.8. The van der Waals surface area contributed by atoms with Gasteiger partial charge in [-0.2, -0.15) is 9.49 Å². The van der Waals surface area contributed by atoms with Crippen LogP contribution in [0.25, 0.3) is 11.3 Å². The van der Waals surface area contributed by atoms with E-state index in [1.807, 2.05) is 23.0 Å². The first-order valence-corrected chi connectivity index (χ1v) is 8.92. The van der Waals surface area contributed by atoms with Crippen molar-refractivity contribution in [1.29, 1.82) is 0 Å². The number of pyridine rings is 1. The first-order chi connectivity index (χ1) is 11.6. The summed E-state index contributed by atoms with van der Waals surface area (Å²) in [6, 6.07) is 4.07. The lowest BCUT2D eigenvalue weighted by Gasteiger charge is -2.25. The lowest BCUT2D eigenvalue weighted by atomic mass is 9.98. The summed E-state index contributed by atoms with van der Waals surface area (Å²) in [5, 5.41) is 4.60. The van der Waals surface area contributed by atoms with E-state index in [1.165, 1.54) is 0 Å². The van der Waals surface area contributed by atoms with Gasteiger partial charge in [0, 0.05) is 24.5 Å². The van der Waals surface area contributed by atoms with E-state index < -0.39 is 5.95 Å². The van der Waals surface area contributed by atoms with E-state index in [9.17, 15) is 4.39 Å². The summed E-state index contributed by atoms with van der Waals surface area (Å²) in [5.74, 6) is -0.111. The molecule has 0 saturated carbocycles. The number of nitrogens with zero attached hydrogens (tertiary/aromatic N) is 3. The molecule has 0 spiro atoms. The second-order valence-corrected chi connectivity index (χ2v) is 6.78. The number of hydrogen-bond donors (Lipinski definition) is 0. The van der Waals surface area contributed by atoms with E-state index in [2.05, 4.69) is 30.9 Å². The van der Waals surface area contributed by atoms with Crippen LogP contribution in [0.1, 0.15) is 63.3 Å². The van der Waals surface area contributed by atoms with Crippen LogP contribution in [-0.4, -0.2) is 28.0 Å². The van der Waals surface area contributed by atoms with Gasteiger partial charge in [0.2, 0.25) is 5.95 Å². The molecule has 1 aliphatic rings. The third kappa shape index (κ3) is 3.36. The zero-order valence-electron chi connectivity index (χ0n) is 14.8. The van der Waals surface area contributed by atoms with Crippen LogP contribution in [0.5, 0.6) is 0 Å². The number of halogens is 1. The Morgan fingerprint density at radius 2 is 2.04 bits per heavy atom. The normalized spacial score (nSPS) is 16.0. The average molecular weight is 331 g/mol. The maximum atomic E-state index is 14.8. The van der Waals surface area contributed by atoms with E-state index in [1.54, 1.807) is 0 Å². The molecule has 1 fully saturated rings. The monoisotopic (exact) mass is 331 g/mol. The lowest BCUT2D eigenvalue weighted by molar-refractivity contribution is 0.0667. The van der Waals surface area contributed by atoms with Crippen LogP contribution in [0, 0.1) is 5.95 Å². The van der Waals surface area contributed by atoms with Gasteiger partial charge in [-0.05, 0) is 37.3 Å². The van der Waals surface area contributed by atoms with Gasteiger partial charge in [-0.15, -0.1) is 0 Å². The van der Waals surface area contributed by atoms with Gasteiger partial charge in [-0.3, -0.25) is 4.68 Å². The molecule has 5 heteroatoms. The molecule has 4 nitrogen and oxygen atoms in total. The number of ether oxygens (including phenoxy) is 1. The molecule has 0 N–H and O–H groups in total. The molecule has 2 aromatic heterocycles. The van der Waals surface area contributed by atoms with Gasteiger partial charge < -0.3 is 4.74 Å². The summed E-state index contributed by atoms with van der Waals surface area (Å²) < 4.78 is 22.2. The van der Waals surface area contributed by atoms with Gasteiger partial charge in [0.15, 0.2) is 0 Å². The van der Waals surface area contributed by atoms with Gasteiger partial charge in [0.25, 0.3) is 0 Å². The summed E-state index contributed by atoms with van der Waals surface area (Å²) in [5.41, 5.74) is 3.32. The molecule has 1 aliphatic heterocycles. The van der Waals surface area contributed by atoms with Crippen molar-refractivity contribution in [2.24, 2.45) is 0 Å². The third-order valence-electron chi connectivity index (χ3n) is 4.65. The minimum atomic E-state index is -0.392. The lowest BCUT2D eigenvalue weighted by Crippen LogP contribution is -2.21. The van der Waals surface area contributed by atoms with Gasteiger partial charge >= 0.3 is 0 Å². The largest absolute Gasteiger partial charge is 0.381 e. The predicted molar refractivity (Wildman–Crippen MR) is 92.6 cm³/mol. The van der Waals surface area contributed by atoms with Crippen molar-refractivity contribution in [3.63, 3.8) is 0 Å². The smallest absolute Gasteiger partial charge is 0.222 e. The van der Waals surface area contributed by atoms with Crippen molar-refractivity contribution in [1.82, 2.24) is 14.8 Å². The number of aryl methyl sites for hydroxylation is 1. The van der Waals surface area contributed by atoms with Gasteiger partial charge in [0.05, 0.1) is 23.5 Å². The van der Waals surface area contributed by atoms with Crippen molar-refractivity contribution in [2.75, 3.05) is 13.2 Å². The van der Waals surface area contributed by atoms with Crippen LogP contribution in [0.2, 0.25) is 0 Å². The van der Waals surface area contributed by atoms with Gasteiger partial charge in [-0.25, -0.2) is 4.98 Å². The summed E-state index contributed by atoms with van der Waals surface area (Å²) in [6.45, 7) is 7.77. The Bertz CT molecular complexity index is 690. The van der Waals surface area contributed by atoms with E-state index in [0.717, 1.165) is 55.8 Å². The fourth-order valence-electron chi connectivity index (χ4n) is 3.33. The maximum Gasteiger partial charge on any atom is 0.222 e. The minimum absolute atomic E-state index is 0.260. The van der Waals surface area contributed by atoms with Crippen LogP contribution in [0.3, 0.4) is 0 Å². The quantitative estimate of drug-likeness (QED) is 0.757. The molecule has 0 bridgehead atoms. The van der Waals surface area contributed by atoms with E-state index in [4.69, 9.17) is 4.74 Å². The van der Waals surface area contributed by atoms with Crippen LogP contribution in [-0.2, 0) is 11.2 Å². The van der Waals surface area contributed by atoms with E-state index in [0.29, 0.717) is 5.56 Å². The fourth-order valence-corrected chi connectivity index (χ4v) is 3.33. The highest BCUT2D eigenvalue weighted by Gasteiger charge is 2.25. The number of aromatic nitrogens is 3. The van der Waals surface area contributed by atoms with Crippen LogP contribution < -0.4 is 0 Å². The Morgan fingerprint density at radius 3 is 2.67 bits per heavy atom. The Balaban J connectivity index is 2.06. The molecule has 0 radical (unpaired) electrons. The highest BCUT2D eigenvalue weighted by Crippen LogP contribution is 2.35. The van der Waals surface area contributed by atoms with Crippen molar-refractivity contribution >= 4 is 0 Å². The van der Waals surface area contributed by atoms with E-state index in [-0.39, 0.29) is 12.0 Å². The molecule has 0 aliphatic carbocycles. The van der Waals surface area contributed by atoms with Crippen LogP contribution in [0.15, 0.2) is 18.3 Å². The third-order valence-corrected chi connectivity index (χ3v) is 4.65. The van der Waals surface area contributed by atoms with Crippen LogP contribution in [0.4, 0.5) is 4.39 Å². The molecule has 3 heterocycles. The predicted octanol–water partition coefficient (Wildman–Crippen LogP) is 4.51. The number of rotatable bonds is 5. The summed E-state index contributed by atoms with van der Waals surface area (Å²) >= 11 is 0. The van der Waals surface area contributed by atoms with E-state index >= 15 is 0 Å². The molecule has 1 saturated heterocycles. The van der Waals surface area contributed by atoms with Gasteiger partial charge in [0.1, 0.15) is 0 Å². The van der Waals surface area contributed by atoms with Crippen LogP contribution >= 0.6 is 0 Å². The molecule has 0 amide bonds. The Kier molecular flexibility index (Phi) is 5.29. The zero-order valence-corrected chi connectivity index (χ0v) is 14.8. The Morgan fingerprint density at radius 1 is 1.29 bits per heavy atom. The first-order valence-electron chi connectivity index (χ1n) is 8.92. The first kappa shape index (κ1) is 17.1. The molecular weight excluding hydrogens is 305 g/mol.